The van der Waals surface area contributed by atoms with Gasteiger partial charge in [0.1, 0.15) is 0 Å². The van der Waals surface area contributed by atoms with Gasteiger partial charge in [0.15, 0.2) is 11.6 Å². The summed E-state index contributed by atoms with van der Waals surface area (Å²) in [6.45, 7) is 1.03. The van der Waals surface area contributed by atoms with E-state index in [0.717, 1.165) is 24.9 Å². The van der Waals surface area contributed by atoms with Crippen LogP contribution in [0.15, 0.2) is 12.1 Å². The Hall–Kier alpha value is -0.800. The Morgan fingerprint density at radius 3 is 2.94 bits per heavy atom. The van der Waals surface area contributed by atoms with E-state index in [4.69, 9.17) is 16.3 Å². The van der Waals surface area contributed by atoms with E-state index in [1.807, 2.05) is 0 Å². The van der Waals surface area contributed by atoms with Crippen LogP contribution in [0, 0.1) is 5.82 Å². The average Bonchev–Trinajstić information content (AvgIpc) is 2.35. The Balaban J connectivity index is 2.21. The van der Waals surface area contributed by atoms with Crippen molar-refractivity contribution in [3.05, 3.63) is 28.5 Å². The molecule has 1 atom stereocenters. The van der Waals surface area contributed by atoms with E-state index in [2.05, 4.69) is 5.32 Å². The van der Waals surface area contributed by atoms with Crippen molar-refractivity contribution in [2.45, 2.75) is 31.7 Å². The van der Waals surface area contributed by atoms with Crippen LogP contribution in [0.4, 0.5) is 4.39 Å². The van der Waals surface area contributed by atoms with Gasteiger partial charge in [-0.15, -0.1) is 0 Å². The monoisotopic (exact) mass is 257 g/mol. The first kappa shape index (κ1) is 12.7. The van der Waals surface area contributed by atoms with E-state index in [0.29, 0.717) is 11.1 Å². The molecule has 1 heterocycles. The van der Waals surface area contributed by atoms with Gasteiger partial charge in [0.2, 0.25) is 0 Å². The van der Waals surface area contributed by atoms with Crippen LogP contribution < -0.4 is 10.1 Å². The van der Waals surface area contributed by atoms with Gasteiger partial charge in [-0.05, 0) is 37.9 Å². The predicted molar refractivity (Wildman–Crippen MR) is 67.3 cm³/mol. The van der Waals surface area contributed by atoms with Crippen molar-refractivity contribution in [3.8, 4) is 5.75 Å². The molecule has 0 radical (unpaired) electrons. The molecule has 0 bridgehead atoms. The number of piperidine rings is 1. The zero-order valence-electron chi connectivity index (χ0n) is 9.93. The Bertz CT molecular complexity index is 391. The summed E-state index contributed by atoms with van der Waals surface area (Å²) in [7, 11) is 1.48. The maximum atomic E-state index is 13.6. The Morgan fingerprint density at radius 2 is 2.29 bits per heavy atom. The molecular weight excluding hydrogens is 241 g/mol. The van der Waals surface area contributed by atoms with Gasteiger partial charge in [0.25, 0.3) is 0 Å². The summed E-state index contributed by atoms with van der Waals surface area (Å²) in [5.41, 5.74) is 0.772. The number of halogens is 2. The van der Waals surface area contributed by atoms with E-state index in [1.54, 1.807) is 6.07 Å². The summed E-state index contributed by atoms with van der Waals surface area (Å²) < 4.78 is 18.7. The van der Waals surface area contributed by atoms with Gasteiger partial charge < -0.3 is 10.1 Å². The fourth-order valence-electron chi connectivity index (χ4n) is 2.33. The van der Waals surface area contributed by atoms with Crippen molar-refractivity contribution >= 4 is 11.6 Å². The first-order valence-corrected chi connectivity index (χ1v) is 6.34. The number of rotatable bonds is 3. The van der Waals surface area contributed by atoms with Crippen molar-refractivity contribution < 1.29 is 9.13 Å². The maximum absolute atomic E-state index is 13.6. The fourth-order valence-corrected chi connectivity index (χ4v) is 2.56. The Labute approximate surface area is 106 Å². The lowest BCUT2D eigenvalue weighted by molar-refractivity contribution is 0.366. The predicted octanol–water partition coefficient (Wildman–Crippen LogP) is 3.17. The minimum absolute atomic E-state index is 0.282. The molecule has 94 valence electrons. The largest absolute Gasteiger partial charge is 0.493 e. The van der Waals surface area contributed by atoms with Gasteiger partial charge in [-0.1, -0.05) is 18.0 Å². The van der Waals surface area contributed by atoms with E-state index in [9.17, 15) is 4.39 Å². The van der Waals surface area contributed by atoms with E-state index in [-0.39, 0.29) is 11.6 Å². The topological polar surface area (TPSA) is 21.3 Å². The number of benzene rings is 1. The molecule has 1 saturated heterocycles. The van der Waals surface area contributed by atoms with Gasteiger partial charge in [0.05, 0.1) is 7.11 Å². The Kier molecular flexibility index (Phi) is 4.24. The molecule has 4 heteroatoms. The van der Waals surface area contributed by atoms with Crippen molar-refractivity contribution in [2.24, 2.45) is 0 Å². The van der Waals surface area contributed by atoms with Crippen LogP contribution in [-0.2, 0) is 6.42 Å². The molecule has 1 aliphatic heterocycles. The zero-order chi connectivity index (χ0) is 12.3. The second-order valence-electron chi connectivity index (χ2n) is 4.39. The first-order chi connectivity index (χ1) is 8.22. The number of hydrogen-bond donors (Lipinski definition) is 1. The highest BCUT2D eigenvalue weighted by Gasteiger charge is 2.19. The molecule has 0 aromatic heterocycles. The standard InChI is InChI=1S/C13H17ClFNO/c1-17-13-10(11(14)5-6-12(13)15)8-9-4-2-3-7-16-9/h5-6,9,16H,2-4,7-8H2,1H3. The van der Waals surface area contributed by atoms with Crippen LogP contribution in [0.2, 0.25) is 5.02 Å². The van der Waals surface area contributed by atoms with Gasteiger partial charge in [0, 0.05) is 16.6 Å². The molecule has 0 spiro atoms. The molecule has 17 heavy (non-hydrogen) atoms. The summed E-state index contributed by atoms with van der Waals surface area (Å²) in [6.07, 6.45) is 4.26. The molecule has 0 saturated carbocycles. The van der Waals surface area contributed by atoms with Crippen LogP contribution in [0.25, 0.3) is 0 Å². The van der Waals surface area contributed by atoms with Crippen LogP contribution >= 0.6 is 11.6 Å². The second kappa shape index (κ2) is 5.69. The number of ether oxygens (including phenoxy) is 1. The third-order valence-electron chi connectivity index (χ3n) is 3.22. The summed E-state index contributed by atoms with van der Waals surface area (Å²) in [5.74, 6) is -0.0624. The van der Waals surface area contributed by atoms with Crippen molar-refractivity contribution in [1.29, 1.82) is 0 Å². The van der Waals surface area contributed by atoms with E-state index >= 15 is 0 Å². The minimum Gasteiger partial charge on any atom is -0.493 e. The molecular formula is C13H17ClFNO. The zero-order valence-corrected chi connectivity index (χ0v) is 10.7. The molecule has 1 aliphatic rings. The van der Waals surface area contributed by atoms with Crippen LogP contribution in [-0.4, -0.2) is 19.7 Å². The fraction of sp³-hybridized carbons (Fsp3) is 0.538. The highest BCUT2D eigenvalue weighted by molar-refractivity contribution is 6.31. The van der Waals surface area contributed by atoms with E-state index in [1.165, 1.54) is 26.0 Å². The van der Waals surface area contributed by atoms with Gasteiger partial charge in [-0.2, -0.15) is 0 Å². The first-order valence-electron chi connectivity index (χ1n) is 5.96. The molecule has 1 aromatic rings. The van der Waals surface area contributed by atoms with Gasteiger partial charge in [-0.25, -0.2) is 4.39 Å². The number of hydrogen-bond acceptors (Lipinski definition) is 2. The third-order valence-corrected chi connectivity index (χ3v) is 3.58. The molecule has 2 rings (SSSR count). The molecule has 1 unspecified atom stereocenters. The molecule has 2 nitrogen and oxygen atoms in total. The van der Waals surface area contributed by atoms with Gasteiger partial charge >= 0.3 is 0 Å². The van der Waals surface area contributed by atoms with Crippen molar-refractivity contribution in [3.63, 3.8) is 0 Å². The second-order valence-corrected chi connectivity index (χ2v) is 4.80. The molecule has 0 aliphatic carbocycles. The lowest BCUT2D eigenvalue weighted by Gasteiger charge is -2.24. The van der Waals surface area contributed by atoms with Crippen molar-refractivity contribution in [2.75, 3.05) is 13.7 Å². The SMILES string of the molecule is COc1c(F)ccc(Cl)c1CC1CCCCN1. The number of methoxy groups -OCH3 is 1. The summed E-state index contributed by atoms with van der Waals surface area (Å²) in [6, 6.07) is 3.31. The van der Waals surface area contributed by atoms with E-state index < -0.39 is 0 Å². The summed E-state index contributed by atoms with van der Waals surface area (Å²) in [4.78, 5) is 0. The molecule has 1 fully saturated rings. The number of nitrogens with one attached hydrogen (secondary N) is 1. The molecule has 0 amide bonds. The van der Waals surface area contributed by atoms with Crippen molar-refractivity contribution in [1.82, 2.24) is 5.32 Å². The molecule has 1 aromatic carbocycles. The van der Waals surface area contributed by atoms with Gasteiger partial charge in [-0.3, -0.25) is 0 Å². The summed E-state index contributed by atoms with van der Waals surface area (Å²) >= 11 is 6.12. The highest BCUT2D eigenvalue weighted by atomic mass is 35.5. The summed E-state index contributed by atoms with van der Waals surface area (Å²) in [5, 5.41) is 4.01. The minimum atomic E-state index is -0.345. The lowest BCUT2D eigenvalue weighted by atomic mass is 9.97. The maximum Gasteiger partial charge on any atom is 0.165 e. The van der Waals surface area contributed by atoms with Crippen LogP contribution in [0.1, 0.15) is 24.8 Å². The molecule has 1 N–H and O–H groups in total. The lowest BCUT2D eigenvalue weighted by Crippen LogP contribution is -2.35. The quantitative estimate of drug-likeness (QED) is 0.898. The smallest absolute Gasteiger partial charge is 0.165 e. The van der Waals surface area contributed by atoms with Crippen LogP contribution in [0.3, 0.4) is 0 Å². The third kappa shape index (κ3) is 2.90. The normalized spacial score (nSPS) is 20.3. The van der Waals surface area contributed by atoms with Crippen LogP contribution in [0.5, 0.6) is 5.75 Å². The average molecular weight is 258 g/mol. The highest BCUT2D eigenvalue weighted by Crippen LogP contribution is 2.31. The Morgan fingerprint density at radius 1 is 1.47 bits per heavy atom.